The minimum atomic E-state index is -4.63. The van der Waals surface area contributed by atoms with Crippen LogP contribution in [0.15, 0.2) is 54.6 Å². The average molecular weight is 476 g/mol. The number of amides is 2. The minimum absolute atomic E-state index is 0.0695. The van der Waals surface area contributed by atoms with Crippen LogP contribution < -0.4 is 4.74 Å². The van der Waals surface area contributed by atoms with Crippen molar-refractivity contribution in [2.24, 2.45) is 5.92 Å². The summed E-state index contributed by atoms with van der Waals surface area (Å²) in [5, 5.41) is 0. The van der Waals surface area contributed by atoms with Gasteiger partial charge in [0.2, 0.25) is 5.91 Å². The first-order valence-corrected chi connectivity index (χ1v) is 11.4. The third-order valence-electron chi connectivity index (χ3n) is 6.25. The number of morpholine rings is 1. The predicted octanol–water partition coefficient (Wildman–Crippen LogP) is 3.86. The van der Waals surface area contributed by atoms with Gasteiger partial charge in [-0.15, -0.1) is 0 Å². The zero-order valence-electron chi connectivity index (χ0n) is 18.7. The first-order chi connectivity index (χ1) is 16.3. The van der Waals surface area contributed by atoms with Crippen molar-refractivity contribution >= 4 is 11.8 Å². The van der Waals surface area contributed by atoms with Crippen LogP contribution in [0.25, 0.3) is 0 Å². The first kappa shape index (κ1) is 24.1. The second-order valence-electron chi connectivity index (χ2n) is 8.51. The second-order valence-corrected chi connectivity index (χ2v) is 8.51. The Balaban J connectivity index is 1.53. The van der Waals surface area contributed by atoms with Crippen molar-refractivity contribution in [2.75, 3.05) is 39.4 Å². The highest BCUT2D eigenvalue weighted by Crippen LogP contribution is 2.34. The molecule has 0 aromatic heterocycles. The molecule has 2 atom stereocenters. The zero-order valence-corrected chi connectivity index (χ0v) is 18.7. The van der Waals surface area contributed by atoms with E-state index in [2.05, 4.69) is 0 Å². The normalized spacial score (nSPS) is 21.3. The van der Waals surface area contributed by atoms with E-state index in [4.69, 9.17) is 9.47 Å². The van der Waals surface area contributed by atoms with E-state index in [0.29, 0.717) is 38.5 Å². The number of ether oxygens (including phenoxy) is 2. The molecule has 9 heteroatoms. The van der Waals surface area contributed by atoms with E-state index in [9.17, 15) is 22.8 Å². The summed E-state index contributed by atoms with van der Waals surface area (Å²) < 4.78 is 51.9. The van der Waals surface area contributed by atoms with Crippen molar-refractivity contribution in [2.45, 2.75) is 25.1 Å². The number of alkyl halides is 3. The molecule has 182 valence electrons. The molecule has 0 spiro atoms. The van der Waals surface area contributed by atoms with Crippen LogP contribution in [0.2, 0.25) is 0 Å². The number of rotatable bonds is 5. The highest BCUT2D eigenvalue weighted by molar-refractivity contribution is 5.96. The van der Waals surface area contributed by atoms with Gasteiger partial charge in [0, 0.05) is 44.9 Å². The number of piperidine rings is 1. The second kappa shape index (κ2) is 10.5. The molecule has 2 amide bonds. The largest absolute Gasteiger partial charge is 0.490 e. The van der Waals surface area contributed by atoms with Gasteiger partial charge >= 0.3 is 6.18 Å². The summed E-state index contributed by atoms with van der Waals surface area (Å²) in [5.41, 5.74) is -1.33. The maximum Gasteiger partial charge on any atom is 0.417 e. The van der Waals surface area contributed by atoms with Gasteiger partial charge in [0.25, 0.3) is 5.91 Å². The zero-order chi connectivity index (χ0) is 24.1. The quantitative estimate of drug-likeness (QED) is 0.658. The highest BCUT2D eigenvalue weighted by atomic mass is 19.4. The number of hydrogen-bond donors (Lipinski definition) is 0. The van der Waals surface area contributed by atoms with Gasteiger partial charge in [-0.05, 0) is 24.3 Å². The molecule has 2 aliphatic heterocycles. The Hall–Kier alpha value is -3.07. The standard InChI is InChI=1S/C25H27F3N2O4/c26-25(27,28)21-9-5-4-8-20(21)24(32)30-11-10-22(34-19-6-2-1-3-7-19)18(17-30)16-23(31)29-12-14-33-15-13-29/h1-9,18,22H,10-17H2/t18-,22-/m0/s1. The Morgan fingerprint density at radius 2 is 1.62 bits per heavy atom. The van der Waals surface area contributed by atoms with Crippen LogP contribution in [-0.2, 0) is 15.7 Å². The number of carbonyl (C=O) groups excluding carboxylic acids is 2. The van der Waals surface area contributed by atoms with Gasteiger partial charge in [-0.25, -0.2) is 0 Å². The predicted molar refractivity (Wildman–Crippen MR) is 118 cm³/mol. The van der Waals surface area contributed by atoms with E-state index < -0.39 is 17.6 Å². The summed E-state index contributed by atoms with van der Waals surface area (Å²) in [6.07, 6.45) is -4.42. The van der Waals surface area contributed by atoms with Crippen molar-refractivity contribution in [3.63, 3.8) is 0 Å². The lowest BCUT2D eigenvalue weighted by atomic mass is 9.90. The third kappa shape index (κ3) is 5.70. The number of benzene rings is 2. The molecule has 0 bridgehead atoms. The topological polar surface area (TPSA) is 59.1 Å². The van der Waals surface area contributed by atoms with Crippen LogP contribution in [0.5, 0.6) is 5.75 Å². The van der Waals surface area contributed by atoms with E-state index in [-0.39, 0.29) is 43.0 Å². The van der Waals surface area contributed by atoms with Crippen LogP contribution >= 0.6 is 0 Å². The fraction of sp³-hybridized carbons (Fsp3) is 0.440. The lowest BCUT2D eigenvalue weighted by Gasteiger charge is -2.39. The molecule has 2 aliphatic rings. The molecule has 0 aliphatic carbocycles. The van der Waals surface area contributed by atoms with Crippen molar-refractivity contribution < 1.29 is 32.2 Å². The number of halogens is 3. The van der Waals surface area contributed by atoms with Gasteiger partial charge in [-0.3, -0.25) is 9.59 Å². The van der Waals surface area contributed by atoms with Crippen LogP contribution in [0.3, 0.4) is 0 Å². The van der Waals surface area contributed by atoms with Gasteiger partial charge in [-0.2, -0.15) is 13.2 Å². The Labute approximate surface area is 196 Å². The maximum absolute atomic E-state index is 13.5. The van der Waals surface area contributed by atoms with E-state index >= 15 is 0 Å². The lowest BCUT2D eigenvalue weighted by molar-refractivity contribution is -0.138. The molecule has 2 heterocycles. The fourth-order valence-electron chi connectivity index (χ4n) is 4.47. The Morgan fingerprint density at radius 1 is 0.941 bits per heavy atom. The van der Waals surface area contributed by atoms with Gasteiger partial charge in [0.15, 0.2) is 0 Å². The number of nitrogens with zero attached hydrogens (tertiary/aromatic N) is 2. The third-order valence-corrected chi connectivity index (χ3v) is 6.25. The Bertz CT molecular complexity index is 993. The highest BCUT2D eigenvalue weighted by Gasteiger charge is 2.39. The molecule has 2 fully saturated rings. The molecule has 0 unspecified atom stereocenters. The minimum Gasteiger partial charge on any atom is -0.490 e. The first-order valence-electron chi connectivity index (χ1n) is 11.4. The van der Waals surface area contributed by atoms with Crippen LogP contribution in [0.1, 0.15) is 28.8 Å². The molecule has 6 nitrogen and oxygen atoms in total. The SMILES string of the molecule is O=C(C[C@H]1CN(C(=O)c2ccccc2C(F)(F)F)CC[C@@H]1Oc1ccccc1)N1CCOCC1. The summed E-state index contributed by atoms with van der Waals surface area (Å²) in [4.78, 5) is 29.2. The van der Waals surface area contributed by atoms with E-state index in [1.165, 1.54) is 23.1 Å². The van der Waals surface area contributed by atoms with Gasteiger partial charge in [-0.1, -0.05) is 30.3 Å². The summed E-state index contributed by atoms with van der Waals surface area (Å²) in [6, 6.07) is 14.0. The fourth-order valence-corrected chi connectivity index (χ4v) is 4.47. The molecule has 2 aromatic rings. The van der Waals surface area contributed by atoms with Crippen molar-refractivity contribution in [1.29, 1.82) is 0 Å². The van der Waals surface area contributed by atoms with Crippen LogP contribution in [0, 0.1) is 5.92 Å². The number of hydrogen-bond acceptors (Lipinski definition) is 4. The molecule has 2 saturated heterocycles. The summed E-state index contributed by atoms with van der Waals surface area (Å²) in [5.74, 6) is -0.459. The number of carbonyl (C=O) groups is 2. The Morgan fingerprint density at radius 3 is 2.32 bits per heavy atom. The number of para-hydroxylation sites is 1. The average Bonchev–Trinajstić information content (AvgIpc) is 2.85. The molecule has 34 heavy (non-hydrogen) atoms. The Kier molecular flexibility index (Phi) is 7.41. The van der Waals surface area contributed by atoms with Crippen LogP contribution in [0.4, 0.5) is 13.2 Å². The van der Waals surface area contributed by atoms with E-state index in [0.717, 1.165) is 6.07 Å². The van der Waals surface area contributed by atoms with E-state index in [1.807, 2.05) is 30.3 Å². The van der Waals surface area contributed by atoms with Crippen molar-refractivity contribution in [1.82, 2.24) is 9.80 Å². The van der Waals surface area contributed by atoms with Crippen LogP contribution in [-0.4, -0.2) is 67.1 Å². The molecule has 0 N–H and O–H groups in total. The smallest absolute Gasteiger partial charge is 0.417 e. The van der Waals surface area contributed by atoms with Crippen molar-refractivity contribution in [3.05, 3.63) is 65.7 Å². The summed E-state index contributed by atoms with van der Waals surface area (Å²) >= 11 is 0. The van der Waals surface area contributed by atoms with Gasteiger partial charge in [0.05, 0.1) is 24.3 Å². The molecular weight excluding hydrogens is 449 g/mol. The summed E-state index contributed by atoms with van der Waals surface area (Å²) in [7, 11) is 0. The molecule has 2 aromatic carbocycles. The van der Waals surface area contributed by atoms with Gasteiger partial charge < -0.3 is 19.3 Å². The maximum atomic E-state index is 13.5. The van der Waals surface area contributed by atoms with E-state index in [1.54, 1.807) is 4.90 Å². The summed E-state index contributed by atoms with van der Waals surface area (Å²) in [6.45, 7) is 2.32. The van der Waals surface area contributed by atoms with Gasteiger partial charge in [0.1, 0.15) is 11.9 Å². The molecule has 0 radical (unpaired) electrons. The molecule has 4 rings (SSSR count). The molecule has 0 saturated carbocycles. The monoisotopic (exact) mass is 476 g/mol. The molecular formula is C25H27F3N2O4. The lowest BCUT2D eigenvalue weighted by Crippen LogP contribution is -2.50. The number of likely N-dealkylation sites (tertiary alicyclic amines) is 1. The van der Waals surface area contributed by atoms with Crippen molar-refractivity contribution in [3.8, 4) is 5.75 Å².